The third kappa shape index (κ3) is 2.74. The van der Waals surface area contributed by atoms with E-state index in [-0.39, 0.29) is 0 Å². The molecule has 2 aromatic rings. The molecule has 0 spiro atoms. The number of para-hydroxylation sites is 1. The highest BCUT2D eigenvalue weighted by Gasteiger charge is 2.20. The Morgan fingerprint density at radius 1 is 1.35 bits per heavy atom. The van der Waals surface area contributed by atoms with Crippen molar-refractivity contribution in [3.8, 4) is 0 Å². The molecule has 3 nitrogen and oxygen atoms in total. The van der Waals surface area contributed by atoms with Gasteiger partial charge in [-0.3, -0.25) is 4.90 Å². The van der Waals surface area contributed by atoms with Crippen LogP contribution in [-0.2, 0) is 13.1 Å². The minimum absolute atomic E-state index is 0.799. The fourth-order valence-corrected chi connectivity index (χ4v) is 3.28. The van der Waals surface area contributed by atoms with Crippen molar-refractivity contribution in [3.05, 3.63) is 35.6 Å². The average Bonchev–Trinajstić information content (AvgIpc) is 2.78. The van der Waals surface area contributed by atoms with E-state index in [1.54, 1.807) is 0 Å². The fourth-order valence-electron chi connectivity index (χ4n) is 3.28. The highest BCUT2D eigenvalue weighted by Crippen LogP contribution is 2.28. The van der Waals surface area contributed by atoms with Crippen molar-refractivity contribution in [1.82, 2.24) is 10.2 Å². The van der Waals surface area contributed by atoms with E-state index in [2.05, 4.69) is 35.3 Å². The van der Waals surface area contributed by atoms with Crippen molar-refractivity contribution in [3.63, 3.8) is 0 Å². The molecule has 3 rings (SSSR count). The van der Waals surface area contributed by atoms with Gasteiger partial charge in [0, 0.05) is 24.0 Å². The quantitative estimate of drug-likeness (QED) is 0.925. The Balaban J connectivity index is 1.90. The molecule has 1 atom stereocenters. The predicted octanol–water partition coefficient (Wildman–Crippen LogP) is 3.38. The van der Waals surface area contributed by atoms with Crippen LogP contribution in [0, 0.1) is 5.92 Å². The minimum Gasteiger partial charge on any atom is -0.459 e. The van der Waals surface area contributed by atoms with Gasteiger partial charge in [-0.05, 0) is 38.4 Å². The number of rotatable bonds is 4. The van der Waals surface area contributed by atoms with Gasteiger partial charge in [0.05, 0.1) is 6.54 Å². The maximum absolute atomic E-state index is 6.02. The first kappa shape index (κ1) is 13.7. The van der Waals surface area contributed by atoms with Gasteiger partial charge in [0.15, 0.2) is 0 Å². The van der Waals surface area contributed by atoms with Crippen LogP contribution in [0.1, 0.15) is 31.1 Å². The Bertz CT molecular complexity index is 575. The first-order valence-electron chi connectivity index (χ1n) is 7.64. The van der Waals surface area contributed by atoms with E-state index in [0.717, 1.165) is 30.4 Å². The van der Waals surface area contributed by atoms with Crippen LogP contribution in [0.3, 0.4) is 0 Å². The summed E-state index contributed by atoms with van der Waals surface area (Å²) in [5.74, 6) is 1.90. The van der Waals surface area contributed by atoms with Gasteiger partial charge in [0.25, 0.3) is 0 Å². The molecule has 108 valence electrons. The predicted molar refractivity (Wildman–Crippen MR) is 82.7 cm³/mol. The topological polar surface area (TPSA) is 28.4 Å². The molecule has 1 unspecified atom stereocenters. The van der Waals surface area contributed by atoms with Crippen LogP contribution in [-0.4, -0.2) is 25.0 Å². The number of furan rings is 1. The molecule has 3 heteroatoms. The van der Waals surface area contributed by atoms with Gasteiger partial charge in [-0.15, -0.1) is 0 Å². The van der Waals surface area contributed by atoms with E-state index in [4.69, 9.17) is 4.42 Å². The van der Waals surface area contributed by atoms with Crippen LogP contribution in [0.4, 0.5) is 0 Å². The summed E-state index contributed by atoms with van der Waals surface area (Å²) in [6.45, 7) is 6.58. The number of benzene rings is 1. The van der Waals surface area contributed by atoms with Crippen LogP contribution in [0.2, 0.25) is 0 Å². The maximum Gasteiger partial charge on any atom is 0.134 e. The molecular weight excluding hydrogens is 248 g/mol. The third-order valence-corrected chi connectivity index (χ3v) is 4.24. The fraction of sp³-hybridized carbons (Fsp3) is 0.529. The van der Waals surface area contributed by atoms with E-state index in [1.807, 2.05) is 13.1 Å². The highest BCUT2D eigenvalue weighted by atomic mass is 16.3. The van der Waals surface area contributed by atoms with Gasteiger partial charge in [-0.25, -0.2) is 0 Å². The zero-order chi connectivity index (χ0) is 13.9. The van der Waals surface area contributed by atoms with Crippen molar-refractivity contribution in [2.24, 2.45) is 5.92 Å². The molecule has 0 amide bonds. The summed E-state index contributed by atoms with van der Waals surface area (Å²) in [7, 11) is 1.97. The van der Waals surface area contributed by atoms with Gasteiger partial charge in [0.1, 0.15) is 11.3 Å². The SMILES string of the molecule is CNCc1oc2ccccc2c1CN1CCCC(C)C1. The van der Waals surface area contributed by atoms with Crippen molar-refractivity contribution in [2.45, 2.75) is 32.9 Å². The van der Waals surface area contributed by atoms with Crippen molar-refractivity contribution in [2.75, 3.05) is 20.1 Å². The molecule has 1 aromatic carbocycles. The molecule has 0 saturated carbocycles. The Morgan fingerprint density at radius 2 is 2.20 bits per heavy atom. The lowest BCUT2D eigenvalue weighted by Crippen LogP contribution is -2.34. The number of hydrogen-bond donors (Lipinski definition) is 1. The first-order valence-corrected chi connectivity index (χ1v) is 7.64. The normalized spacial score (nSPS) is 20.6. The largest absolute Gasteiger partial charge is 0.459 e. The summed E-state index contributed by atoms with van der Waals surface area (Å²) in [5.41, 5.74) is 2.38. The second kappa shape index (κ2) is 5.98. The number of nitrogens with zero attached hydrogens (tertiary/aromatic N) is 1. The van der Waals surface area contributed by atoms with Gasteiger partial charge in [0.2, 0.25) is 0 Å². The molecule has 0 radical (unpaired) electrons. The van der Waals surface area contributed by atoms with E-state index in [9.17, 15) is 0 Å². The zero-order valence-corrected chi connectivity index (χ0v) is 12.5. The van der Waals surface area contributed by atoms with Crippen molar-refractivity contribution in [1.29, 1.82) is 0 Å². The Labute approximate surface area is 120 Å². The molecule has 0 bridgehead atoms. The molecule has 1 aliphatic heterocycles. The Hall–Kier alpha value is -1.32. The summed E-state index contributed by atoms with van der Waals surface area (Å²) in [6.07, 6.45) is 2.68. The minimum atomic E-state index is 0.799. The van der Waals surface area contributed by atoms with Gasteiger partial charge < -0.3 is 9.73 Å². The summed E-state index contributed by atoms with van der Waals surface area (Å²) in [6, 6.07) is 8.39. The maximum atomic E-state index is 6.02. The Morgan fingerprint density at radius 3 is 3.00 bits per heavy atom. The number of likely N-dealkylation sites (tertiary alicyclic amines) is 1. The summed E-state index contributed by atoms with van der Waals surface area (Å²) in [4.78, 5) is 2.57. The van der Waals surface area contributed by atoms with Gasteiger partial charge in [-0.2, -0.15) is 0 Å². The summed E-state index contributed by atoms with van der Waals surface area (Å²) < 4.78 is 6.02. The van der Waals surface area contributed by atoms with E-state index >= 15 is 0 Å². The number of fused-ring (bicyclic) bond motifs is 1. The van der Waals surface area contributed by atoms with Crippen LogP contribution in [0.15, 0.2) is 28.7 Å². The van der Waals surface area contributed by atoms with E-state index < -0.39 is 0 Å². The van der Waals surface area contributed by atoms with Gasteiger partial charge in [-0.1, -0.05) is 25.1 Å². The van der Waals surface area contributed by atoms with Crippen molar-refractivity contribution < 1.29 is 4.42 Å². The van der Waals surface area contributed by atoms with Crippen molar-refractivity contribution >= 4 is 11.0 Å². The molecule has 1 N–H and O–H groups in total. The standard InChI is InChI=1S/C17H24N2O/c1-13-6-5-9-19(11-13)12-15-14-7-3-4-8-16(14)20-17(15)10-18-2/h3-4,7-8,13,18H,5-6,9-12H2,1-2H3. The van der Waals surface area contributed by atoms with Crippen LogP contribution in [0.5, 0.6) is 0 Å². The third-order valence-electron chi connectivity index (χ3n) is 4.24. The zero-order valence-electron chi connectivity index (χ0n) is 12.5. The molecule has 1 fully saturated rings. The number of nitrogens with one attached hydrogen (secondary N) is 1. The van der Waals surface area contributed by atoms with Crippen LogP contribution in [0.25, 0.3) is 11.0 Å². The lowest BCUT2D eigenvalue weighted by Gasteiger charge is -2.30. The molecule has 20 heavy (non-hydrogen) atoms. The van der Waals surface area contributed by atoms with E-state index in [0.29, 0.717) is 0 Å². The highest BCUT2D eigenvalue weighted by molar-refractivity contribution is 5.82. The summed E-state index contributed by atoms with van der Waals surface area (Å²) >= 11 is 0. The molecule has 2 heterocycles. The van der Waals surface area contributed by atoms with Crippen LogP contribution < -0.4 is 5.32 Å². The smallest absolute Gasteiger partial charge is 0.134 e. The Kier molecular flexibility index (Phi) is 4.08. The monoisotopic (exact) mass is 272 g/mol. The first-order chi connectivity index (χ1) is 9.78. The van der Waals surface area contributed by atoms with E-state index in [1.165, 1.54) is 36.9 Å². The number of hydrogen-bond acceptors (Lipinski definition) is 3. The van der Waals surface area contributed by atoms with Crippen LogP contribution >= 0.6 is 0 Å². The van der Waals surface area contributed by atoms with Gasteiger partial charge >= 0.3 is 0 Å². The molecule has 1 saturated heterocycles. The lowest BCUT2D eigenvalue weighted by molar-refractivity contribution is 0.176. The average molecular weight is 272 g/mol. The number of piperidine rings is 1. The molecule has 1 aliphatic rings. The summed E-state index contributed by atoms with van der Waals surface area (Å²) in [5, 5.41) is 4.49. The molecule has 1 aromatic heterocycles. The molecular formula is C17H24N2O. The second-order valence-corrected chi connectivity index (χ2v) is 6.01. The molecule has 0 aliphatic carbocycles. The lowest BCUT2D eigenvalue weighted by atomic mass is 9.99. The second-order valence-electron chi connectivity index (χ2n) is 6.01.